The largest absolute Gasteiger partial charge is 0.497 e. The normalized spacial score (nSPS) is 23.8. The fourth-order valence-electron chi connectivity index (χ4n) is 7.02. The average Bonchev–Trinajstić information content (AvgIpc) is 3.49. The van der Waals surface area contributed by atoms with Gasteiger partial charge in [0.2, 0.25) is 5.91 Å². The summed E-state index contributed by atoms with van der Waals surface area (Å²) in [5, 5.41) is 3.06. The smallest absolute Gasteiger partial charge is 0.238 e. The fraction of sp³-hybridized carbons (Fsp3) is 0.176. The second kappa shape index (κ2) is 9.27. The minimum atomic E-state index is -1.36. The lowest BCUT2D eigenvalue weighted by Crippen LogP contribution is -2.51. The van der Waals surface area contributed by atoms with Gasteiger partial charge in [0.1, 0.15) is 17.2 Å². The molecule has 41 heavy (non-hydrogen) atoms. The van der Waals surface area contributed by atoms with Crippen LogP contribution in [0, 0.1) is 5.92 Å². The number of carbonyl (C=O) groups is 3. The number of methoxy groups -OCH3 is 1. The number of fused-ring (bicyclic) bond motifs is 6. The van der Waals surface area contributed by atoms with Crippen molar-refractivity contribution < 1.29 is 19.1 Å². The standard InChI is InChI=1S/C34H27N3O4/c1-20-17-28-34(25-13-4-5-14-26(25)36-33(34)40)29(31(38)22-10-8-16-35-19-22)30(37(28)27-15-6-3-12-24(20)27)32(39)21-9-7-11-23(18-21)41-2/h3-19,28-30H,1-2H3,(H,36,40)/t28-,29-,30-,34-/m0/s1. The lowest BCUT2D eigenvalue weighted by atomic mass is 9.64. The van der Waals surface area contributed by atoms with Crippen LogP contribution in [0.5, 0.6) is 5.75 Å². The fourth-order valence-corrected chi connectivity index (χ4v) is 7.02. The van der Waals surface area contributed by atoms with Gasteiger partial charge >= 0.3 is 0 Å². The molecule has 0 bridgehead atoms. The zero-order valence-corrected chi connectivity index (χ0v) is 22.6. The maximum atomic E-state index is 14.7. The summed E-state index contributed by atoms with van der Waals surface area (Å²) >= 11 is 0. The van der Waals surface area contributed by atoms with Gasteiger partial charge in [0.25, 0.3) is 0 Å². The summed E-state index contributed by atoms with van der Waals surface area (Å²) in [7, 11) is 1.55. The number of nitrogens with zero attached hydrogens (tertiary/aromatic N) is 2. The van der Waals surface area contributed by atoms with Gasteiger partial charge < -0.3 is 15.0 Å². The molecular weight excluding hydrogens is 514 g/mol. The Morgan fingerprint density at radius 1 is 0.927 bits per heavy atom. The van der Waals surface area contributed by atoms with Crippen molar-refractivity contribution in [2.45, 2.75) is 24.4 Å². The van der Waals surface area contributed by atoms with Gasteiger partial charge in [0.05, 0.1) is 19.1 Å². The highest BCUT2D eigenvalue weighted by Crippen LogP contribution is 2.58. The van der Waals surface area contributed by atoms with Crippen LogP contribution in [0.15, 0.2) is 103 Å². The summed E-state index contributed by atoms with van der Waals surface area (Å²) in [6, 6.07) is 24.1. The molecule has 0 unspecified atom stereocenters. The van der Waals surface area contributed by atoms with Crippen molar-refractivity contribution in [3.8, 4) is 5.75 Å². The Labute approximate surface area is 237 Å². The molecule has 3 aromatic carbocycles. The van der Waals surface area contributed by atoms with E-state index in [0.717, 1.165) is 16.8 Å². The number of ketones is 2. The molecule has 1 fully saturated rings. The Bertz CT molecular complexity index is 1760. The Balaban J connectivity index is 1.55. The highest BCUT2D eigenvalue weighted by atomic mass is 16.5. The molecule has 7 heteroatoms. The number of rotatable bonds is 5. The summed E-state index contributed by atoms with van der Waals surface area (Å²) in [5.41, 5.74) is 3.53. The quantitative estimate of drug-likeness (QED) is 0.344. The number of Topliss-reactive ketones (excluding diaryl/α,β-unsaturated/α-hetero) is 2. The highest BCUT2D eigenvalue weighted by Gasteiger charge is 2.70. The van der Waals surface area contributed by atoms with E-state index in [1.807, 2.05) is 66.4 Å². The summed E-state index contributed by atoms with van der Waals surface area (Å²) in [4.78, 5) is 50.1. The molecule has 4 aromatic rings. The number of benzene rings is 3. The summed E-state index contributed by atoms with van der Waals surface area (Å²) in [6.07, 6.45) is 5.16. The van der Waals surface area contributed by atoms with E-state index in [0.29, 0.717) is 28.1 Å². The van der Waals surface area contributed by atoms with Crippen LogP contribution >= 0.6 is 0 Å². The van der Waals surface area contributed by atoms with Crippen molar-refractivity contribution in [3.05, 3.63) is 126 Å². The highest BCUT2D eigenvalue weighted by molar-refractivity contribution is 6.18. The lowest BCUT2D eigenvalue weighted by Gasteiger charge is -2.39. The second-order valence-electron chi connectivity index (χ2n) is 10.7. The number of pyridine rings is 1. The Kier molecular flexibility index (Phi) is 5.64. The molecule has 0 radical (unpaired) electrons. The first-order chi connectivity index (χ1) is 20.0. The van der Waals surface area contributed by atoms with Crippen LogP contribution in [-0.4, -0.2) is 41.7 Å². The van der Waals surface area contributed by atoms with E-state index < -0.39 is 23.4 Å². The summed E-state index contributed by atoms with van der Waals surface area (Å²) in [5.74, 6) is -1.36. The lowest BCUT2D eigenvalue weighted by molar-refractivity contribution is -0.121. The van der Waals surface area contributed by atoms with Gasteiger partial charge in [-0.3, -0.25) is 19.4 Å². The van der Waals surface area contributed by atoms with Gasteiger partial charge in [0.15, 0.2) is 11.6 Å². The first-order valence-corrected chi connectivity index (χ1v) is 13.6. The van der Waals surface area contributed by atoms with Crippen LogP contribution in [-0.2, 0) is 10.2 Å². The topological polar surface area (TPSA) is 88.6 Å². The number of nitrogens with one attached hydrogen (secondary N) is 1. The van der Waals surface area contributed by atoms with Gasteiger partial charge in [-0.15, -0.1) is 0 Å². The average molecular weight is 542 g/mol. The van der Waals surface area contributed by atoms with Crippen LogP contribution < -0.4 is 15.0 Å². The number of para-hydroxylation sites is 2. The first kappa shape index (κ1) is 25.0. The number of hydrogen-bond acceptors (Lipinski definition) is 6. The van der Waals surface area contributed by atoms with Crippen molar-refractivity contribution in [2.75, 3.05) is 17.3 Å². The molecule has 0 saturated carbocycles. The van der Waals surface area contributed by atoms with Crippen molar-refractivity contribution in [1.82, 2.24) is 4.98 Å². The summed E-state index contributed by atoms with van der Waals surface area (Å²) < 4.78 is 5.43. The van der Waals surface area contributed by atoms with Crippen molar-refractivity contribution in [1.29, 1.82) is 0 Å². The summed E-state index contributed by atoms with van der Waals surface area (Å²) in [6.45, 7) is 2.01. The van der Waals surface area contributed by atoms with Crippen molar-refractivity contribution in [2.24, 2.45) is 5.92 Å². The number of allylic oxidation sites excluding steroid dienone is 1. The Morgan fingerprint density at radius 2 is 1.71 bits per heavy atom. The zero-order valence-electron chi connectivity index (χ0n) is 22.6. The van der Waals surface area contributed by atoms with Gasteiger partial charge in [0, 0.05) is 40.5 Å². The second-order valence-corrected chi connectivity index (χ2v) is 10.7. The molecule has 1 saturated heterocycles. The number of ether oxygens (including phenoxy) is 1. The maximum Gasteiger partial charge on any atom is 0.238 e. The van der Waals surface area contributed by atoms with E-state index >= 15 is 0 Å². The molecule has 4 heterocycles. The van der Waals surface area contributed by atoms with Gasteiger partial charge in [-0.2, -0.15) is 0 Å². The molecule has 7 rings (SSSR count). The first-order valence-electron chi connectivity index (χ1n) is 13.6. The van der Waals surface area contributed by atoms with Crippen LogP contribution in [0.25, 0.3) is 5.57 Å². The van der Waals surface area contributed by atoms with Crippen LogP contribution in [0.2, 0.25) is 0 Å². The van der Waals surface area contributed by atoms with E-state index in [9.17, 15) is 14.4 Å². The van der Waals surface area contributed by atoms with E-state index in [-0.39, 0.29) is 17.5 Å². The molecule has 7 nitrogen and oxygen atoms in total. The predicted molar refractivity (Wildman–Crippen MR) is 156 cm³/mol. The Hall–Kier alpha value is -5.04. The van der Waals surface area contributed by atoms with E-state index in [2.05, 4.69) is 10.3 Å². The number of anilines is 2. The third-order valence-electron chi connectivity index (χ3n) is 8.74. The molecular formula is C34H27N3O4. The molecule has 3 aliphatic rings. The Morgan fingerprint density at radius 3 is 2.51 bits per heavy atom. The SMILES string of the molecule is COc1cccc(C(=O)[C@@H]2[C@@H](C(=O)c3cccnc3)[C@@]3(C(=O)Nc4ccccc43)[C@@H]3C=C(C)c4ccccc4N23)c1. The van der Waals surface area contributed by atoms with E-state index in [4.69, 9.17) is 4.74 Å². The van der Waals surface area contributed by atoms with E-state index in [1.165, 1.54) is 6.20 Å². The zero-order chi connectivity index (χ0) is 28.3. The number of aromatic nitrogens is 1. The van der Waals surface area contributed by atoms with Crippen molar-refractivity contribution >= 4 is 34.4 Å². The number of carbonyl (C=O) groups excluding carboxylic acids is 3. The van der Waals surface area contributed by atoms with Crippen LogP contribution in [0.1, 0.15) is 38.8 Å². The molecule has 4 atom stereocenters. The molecule has 1 aromatic heterocycles. The number of amides is 1. The van der Waals surface area contributed by atoms with Gasteiger partial charge in [-0.05, 0) is 54.5 Å². The van der Waals surface area contributed by atoms with Crippen LogP contribution in [0.3, 0.4) is 0 Å². The third kappa shape index (κ3) is 3.45. The maximum absolute atomic E-state index is 14.7. The molecule has 1 amide bonds. The predicted octanol–water partition coefficient (Wildman–Crippen LogP) is 5.34. The molecule has 202 valence electrons. The monoisotopic (exact) mass is 541 g/mol. The van der Waals surface area contributed by atoms with Crippen LogP contribution in [0.4, 0.5) is 11.4 Å². The van der Waals surface area contributed by atoms with Crippen molar-refractivity contribution in [3.63, 3.8) is 0 Å². The van der Waals surface area contributed by atoms with Gasteiger partial charge in [-0.25, -0.2) is 0 Å². The number of hydrogen-bond donors (Lipinski definition) is 1. The minimum Gasteiger partial charge on any atom is -0.497 e. The minimum absolute atomic E-state index is 0.257. The molecule has 1 N–H and O–H groups in total. The molecule has 3 aliphatic heterocycles. The van der Waals surface area contributed by atoms with E-state index in [1.54, 1.807) is 49.7 Å². The molecule has 0 aliphatic carbocycles. The molecule has 1 spiro atoms. The van der Waals surface area contributed by atoms with Gasteiger partial charge in [-0.1, -0.05) is 54.6 Å². The third-order valence-corrected chi connectivity index (χ3v) is 8.74.